The van der Waals surface area contributed by atoms with E-state index in [1.165, 1.54) is 73.3 Å². The third kappa shape index (κ3) is 8.12. The van der Waals surface area contributed by atoms with E-state index >= 15 is 0 Å². The van der Waals surface area contributed by atoms with Gasteiger partial charge >= 0.3 is 21.5 Å². The van der Waals surface area contributed by atoms with Gasteiger partial charge in [0.1, 0.15) is 5.75 Å². The van der Waals surface area contributed by atoms with Gasteiger partial charge in [-0.3, -0.25) is 4.55 Å². The maximum atomic E-state index is 13.4. The molecule has 1 atom stereocenters. The standard InChI is InChI=1S/C35H30.C13H9F5O4S/c1-35(2,3)28-20-18-24(19-21-28)30-23-31-29-17-11-10-16-27(29)22-32(31)34(26-14-8-5-9-15-26)33(30)25-12-6-4-7-13-25;14-12(15,16)11(13(17,18)23(19,20)21)22-10-6-5-8-3-1-2-4-9(8)7-10/h4-21,23H,22H2,1-3H3;1-7,11H,(H,19,20,21). The zero-order chi connectivity index (χ0) is 41.5. The van der Waals surface area contributed by atoms with Crippen LogP contribution >= 0.6 is 0 Å². The fourth-order valence-electron chi connectivity index (χ4n) is 7.32. The van der Waals surface area contributed by atoms with Crippen molar-refractivity contribution in [3.8, 4) is 50.3 Å². The summed E-state index contributed by atoms with van der Waals surface area (Å²) in [6, 6.07) is 52.1. The first-order valence-corrected chi connectivity index (χ1v) is 19.9. The Morgan fingerprint density at radius 1 is 0.569 bits per heavy atom. The molecule has 0 heterocycles. The molecule has 0 radical (unpaired) electrons. The maximum Gasteiger partial charge on any atom is 0.432 e. The first kappa shape index (κ1) is 40.4. The monoisotopic (exact) mass is 806 g/mol. The van der Waals surface area contributed by atoms with E-state index in [1.807, 2.05) is 0 Å². The summed E-state index contributed by atoms with van der Waals surface area (Å²) in [5, 5.41) is -4.54. The molecule has 10 heteroatoms. The minimum absolute atomic E-state index is 0.132. The zero-order valence-electron chi connectivity index (χ0n) is 31.8. The summed E-state index contributed by atoms with van der Waals surface area (Å²) in [7, 11) is -6.33. The molecule has 7 aromatic carbocycles. The normalized spacial score (nSPS) is 13.3. The number of hydrogen-bond donors (Lipinski definition) is 1. The molecule has 1 unspecified atom stereocenters. The van der Waals surface area contributed by atoms with Gasteiger partial charge < -0.3 is 4.74 Å². The number of alkyl halides is 5. The molecule has 0 aliphatic heterocycles. The summed E-state index contributed by atoms with van der Waals surface area (Å²) < 4.78 is 98.8. The van der Waals surface area contributed by atoms with Gasteiger partial charge in [-0.15, -0.1) is 0 Å². The second kappa shape index (κ2) is 15.5. The van der Waals surface area contributed by atoms with Gasteiger partial charge in [0, 0.05) is 0 Å². The highest BCUT2D eigenvalue weighted by Gasteiger charge is 2.65. The van der Waals surface area contributed by atoms with Gasteiger partial charge in [0.15, 0.2) is 0 Å². The van der Waals surface area contributed by atoms with Crippen molar-refractivity contribution < 1.29 is 39.7 Å². The number of hydrogen-bond acceptors (Lipinski definition) is 3. The smallest absolute Gasteiger partial charge is 0.432 e. The minimum atomic E-state index is -6.33. The van der Waals surface area contributed by atoms with E-state index in [2.05, 4.69) is 141 Å². The highest BCUT2D eigenvalue weighted by molar-refractivity contribution is 7.86. The molecule has 0 saturated heterocycles. The zero-order valence-corrected chi connectivity index (χ0v) is 32.6. The molecule has 1 aliphatic carbocycles. The SMILES string of the molecule is CC(C)(C)c1ccc(-c2cc3c(c(-c4ccccc4)c2-c2ccccc2)Cc2ccccc2-3)cc1.O=S(=O)(O)C(F)(F)C(Oc1ccc2ccccc2c1)C(F)(F)F. The van der Waals surface area contributed by atoms with Crippen molar-refractivity contribution in [3.63, 3.8) is 0 Å². The fourth-order valence-corrected chi connectivity index (χ4v) is 7.77. The Kier molecular flexibility index (Phi) is 10.8. The van der Waals surface area contributed by atoms with Gasteiger partial charge in [-0.05, 0) is 102 Å². The van der Waals surface area contributed by atoms with Crippen LogP contribution in [0.15, 0.2) is 158 Å². The molecule has 58 heavy (non-hydrogen) atoms. The fraction of sp³-hybridized carbons (Fsp3) is 0.167. The molecule has 0 aromatic heterocycles. The van der Waals surface area contributed by atoms with Crippen LogP contribution in [0.1, 0.15) is 37.5 Å². The average molecular weight is 807 g/mol. The lowest BCUT2D eigenvalue weighted by Crippen LogP contribution is -2.53. The second-order valence-corrected chi connectivity index (χ2v) is 16.7. The number of halogens is 5. The Hall–Kier alpha value is -5.84. The Labute approximate surface area is 334 Å². The largest absolute Gasteiger partial charge is 0.473 e. The predicted molar refractivity (Wildman–Crippen MR) is 221 cm³/mol. The third-order valence-corrected chi connectivity index (χ3v) is 11.1. The van der Waals surface area contributed by atoms with Crippen molar-refractivity contribution in [2.24, 2.45) is 0 Å². The summed E-state index contributed by atoms with van der Waals surface area (Å²) in [6.45, 7) is 6.83. The van der Waals surface area contributed by atoms with Gasteiger partial charge in [0.2, 0.25) is 0 Å². The van der Waals surface area contributed by atoms with E-state index in [9.17, 15) is 30.4 Å². The van der Waals surface area contributed by atoms with Crippen molar-refractivity contribution in [1.29, 1.82) is 0 Å². The topological polar surface area (TPSA) is 63.6 Å². The van der Waals surface area contributed by atoms with Gasteiger partial charge in [-0.1, -0.05) is 160 Å². The highest BCUT2D eigenvalue weighted by atomic mass is 32.2. The molecule has 0 fully saturated rings. The lowest BCUT2D eigenvalue weighted by molar-refractivity contribution is -0.239. The second-order valence-electron chi connectivity index (χ2n) is 15.2. The highest BCUT2D eigenvalue weighted by Crippen LogP contribution is 2.50. The van der Waals surface area contributed by atoms with Gasteiger partial charge in [0.05, 0.1) is 0 Å². The average Bonchev–Trinajstić information content (AvgIpc) is 3.57. The Bertz CT molecular complexity index is 2690. The van der Waals surface area contributed by atoms with Crippen LogP contribution in [0, 0.1) is 0 Å². The third-order valence-electron chi connectivity index (χ3n) is 10.2. The van der Waals surface area contributed by atoms with E-state index < -0.39 is 33.4 Å². The van der Waals surface area contributed by atoms with Crippen LogP contribution in [0.2, 0.25) is 0 Å². The molecule has 1 N–H and O–H groups in total. The Balaban J connectivity index is 0.000000194. The molecule has 0 spiro atoms. The van der Waals surface area contributed by atoms with Crippen molar-refractivity contribution in [2.45, 2.75) is 50.1 Å². The maximum absolute atomic E-state index is 13.4. The van der Waals surface area contributed by atoms with E-state index in [-0.39, 0.29) is 5.41 Å². The van der Waals surface area contributed by atoms with E-state index in [0.717, 1.165) is 18.6 Å². The van der Waals surface area contributed by atoms with E-state index in [4.69, 9.17) is 4.55 Å². The Morgan fingerprint density at radius 3 is 1.71 bits per heavy atom. The summed E-state index contributed by atoms with van der Waals surface area (Å²) in [5.74, 6) is -0.616. The lowest BCUT2D eigenvalue weighted by atomic mass is 9.81. The van der Waals surface area contributed by atoms with Gasteiger partial charge in [-0.2, -0.15) is 30.4 Å². The minimum Gasteiger partial charge on any atom is -0.473 e. The number of fused-ring (bicyclic) bond motifs is 4. The number of ether oxygens (including phenoxy) is 1. The van der Waals surface area contributed by atoms with Crippen molar-refractivity contribution in [2.75, 3.05) is 0 Å². The molecule has 4 nitrogen and oxygen atoms in total. The van der Waals surface area contributed by atoms with Crippen LogP contribution in [0.3, 0.4) is 0 Å². The molecular weight excluding hydrogens is 768 g/mol. The van der Waals surface area contributed by atoms with Crippen molar-refractivity contribution in [3.05, 3.63) is 174 Å². The first-order valence-electron chi connectivity index (χ1n) is 18.5. The molecule has 0 amide bonds. The van der Waals surface area contributed by atoms with Crippen LogP contribution in [-0.4, -0.2) is 30.5 Å². The summed E-state index contributed by atoms with van der Waals surface area (Å²) in [4.78, 5) is 0. The first-order chi connectivity index (χ1) is 27.4. The van der Waals surface area contributed by atoms with E-state index in [0.29, 0.717) is 10.8 Å². The molecule has 1 aliphatic rings. The predicted octanol–water partition coefficient (Wildman–Crippen LogP) is 13.2. The molecule has 296 valence electrons. The van der Waals surface area contributed by atoms with Crippen LogP contribution < -0.4 is 4.74 Å². The molecular formula is C48H39F5O4S. The van der Waals surface area contributed by atoms with Crippen molar-refractivity contribution >= 4 is 20.9 Å². The van der Waals surface area contributed by atoms with Crippen LogP contribution in [0.25, 0.3) is 55.3 Å². The molecule has 0 saturated carbocycles. The molecule has 0 bridgehead atoms. The summed E-state index contributed by atoms with van der Waals surface area (Å²) in [6.07, 6.45) is -8.81. The Morgan fingerprint density at radius 2 is 1.12 bits per heavy atom. The number of benzene rings is 7. The van der Waals surface area contributed by atoms with Gasteiger partial charge in [0.25, 0.3) is 6.10 Å². The molecule has 8 rings (SSSR count). The summed E-state index contributed by atoms with van der Waals surface area (Å²) >= 11 is 0. The van der Waals surface area contributed by atoms with Crippen LogP contribution in [-0.2, 0) is 22.0 Å². The number of rotatable bonds is 7. The van der Waals surface area contributed by atoms with Crippen molar-refractivity contribution in [1.82, 2.24) is 0 Å². The quantitative estimate of drug-likeness (QED) is 0.129. The van der Waals surface area contributed by atoms with Crippen LogP contribution in [0.5, 0.6) is 5.75 Å². The van der Waals surface area contributed by atoms with Gasteiger partial charge in [-0.25, -0.2) is 0 Å². The molecule has 7 aromatic rings. The summed E-state index contributed by atoms with van der Waals surface area (Å²) in [5.41, 5.74) is 14.9. The lowest BCUT2D eigenvalue weighted by Gasteiger charge is -2.27. The van der Waals surface area contributed by atoms with Crippen LogP contribution in [0.4, 0.5) is 22.0 Å². The van der Waals surface area contributed by atoms with E-state index in [1.54, 1.807) is 18.2 Å².